The Labute approximate surface area is 191 Å². The minimum absolute atomic E-state index is 0.0231. The van der Waals surface area contributed by atoms with Crippen LogP contribution < -0.4 is 4.74 Å². The molecule has 0 fully saturated rings. The summed E-state index contributed by atoms with van der Waals surface area (Å²) in [5.74, 6) is 0.926. The SMILES string of the molecule is Cn1cc(-c2ccncc2)c(-c2ccc(OCC3=Nc4ccccc4S(=O)(=O)N3[11CH3])cc2)n1. The zero-order chi connectivity index (χ0) is 23.0. The van der Waals surface area contributed by atoms with E-state index < -0.39 is 10.0 Å². The fourth-order valence-electron chi connectivity index (χ4n) is 3.69. The number of nitrogens with zero attached hydrogens (tertiary/aromatic N) is 5. The number of likely N-dealkylation sites (N-methyl/N-ethyl adjacent to an activating group) is 1. The third-order valence-electron chi connectivity index (χ3n) is 5.43. The Morgan fingerprint density at radius 3 is 2.39 bits per heavy atom. The Morgan fingerprint density at radius 1 is 0.909 bits per heavy atom. The summed E-state index contributed by atoms with van der Waals surface area (Å²) >= 11 is 0. The summed E-state index contributed by atoms with van der Waals surface area (Å²) in [6, 6.07) is 18.1. The molecule has 166 valence electrons. The van der Waals surface area contributed by atoms with Crippen LogP contribution in [0, 0.1) is 0 Å². The molecule has 0 atom stereocenters. The van der Waals surface area contributed by atoms with Crippen LogP contribution in [0.1, 0.15) is 0 Å². The van der Waals surface area contributed by atoms with Crippen LogP contribution in [0.2, 0.25) is 0 Å². The number of para-hydroxylation sites is 1. The Hall–Kier alpha value is -3.98. The van der Waals surface area contributed by atoms with Gasteiger partial charge in [-0.1, -0.05) is 12.1 Å². The van der Waals surface area contributed by atoms with Gasteiger partial charge in [-0.25, -0.2) is 13.4 Å². The molecule has 33 heavy (non-hydrogen) atoms. The molecular formula is C24H21N5O3S. The van der Waals surface area contributed by atoms with Crippen molar-refractivity contribution in [2.45, 2.75) is 4.90 Å². The number of sulfonamides is 1. The van der Waals surface area contributed by atoms with Crippen molar-refractivity contribution < 1.29 is 13.2 Å². The lowest BCUT2D eigenvalue weighted by Gasteiger charge is -2.26. The Bertz CT molecular complexity index is 1450. The quantitative estimate of drug-likeness (QED) is 0.453. The van der Waals surface area contributed by atoms with Gasteiger partial charge in [0.25, 0.3) is 10.0 Å². The second kappa shape index (κ2) is 8.18. The van der Waals surface area contributed by atoms with E-state index in [4.69, 9.17) is 4.74 Å². The van der Waals surface area contributed by atoms with Gasteiger partial charge in [0.05, 0.1) is 5.69 Å². The number of aromatic nitrogens is 3. The summed E-state index contributed by atoms with van der Waals surface area (Å²) in [4.78, 5) is 8.75. The maximum absolute atomic E-state index is 12.8. The van der Waals surface area contributed by atoms with Crippen molar-refractivity contribution in [3.05, 3.63) is 79.3 Å². The molecule has 8 nitrogen and oxygen atoms in total. The van der Waals surface area contributed by atoms with Crippen molar-refractivity contribution in [2.24, 2.45) is 12.0 Å². The molecule has 0 saturated carbocycles. The van der Waals surface area contributed by atoms with E-state index in [2.05, 4.69) is 15.1 Å². The van der Waals surface area contributed by atoms with Crippen LogP contribution in [-0.4, -0.2) is 47.0 Å². The van der Waals surface area contributed by atoms with Gasteiger partial charge in [0, 0.05) is 43.8 Å². The van der Waals surface area contributed by atoms with E-state index >= 15 is 0 Å². The average Bonchev–Trinajstić information content (AvgIpc) is 3.23. The standard InChI is InChI=1S/C24H21N5O3S/c1-28-15-20(17-11-13-25-14-12-17)24(27-28)18-7-9-19(10-8-18)32-16-23-26-21-5-3-4-6-22(21)33(30,31)29(23)2/h3-15H,16H2,1-2H3/i2-1. The first-order chi connectivity index (χ1) is 15.9. The van der Waals surface area contributed by atoms with Crippen LogP contribution in [0.25, 0.3) is 22.4 Å². The van der Waals surface area contributed by atoms with Crippen LogP contribution in [0.5, 0.6) is 5.75 Å². The molecule has 5 rings (SSSR count). The minimum atomic E-state index is -3.64. The highest BCUT2D eigenvalue weighted by Gasteiger charge is 2.31. The first kappa shape index (κ1) is 20.9. The molecule has 3 heterocycles. The predicted molar refractivity (Wildman–Crippen MR) is 126 cm³/mol. The second-order valence-corrected chi connectivity index (χ2v) is 9.52. The molecule has 0 N–H and O–H groups in total. The topological polar surface area (TPSA) is 89.7 Å². The molecular weight excluding hydrogens is 437 g/mol. The highest BCUT2D eigenvalue weighted by Crippen LogP contribution is 2.33. The molecule has 0 unspecified atom stereocenters. The third-order valence-corrected chi connectivity index (χ3v) is 7.27. The molecule has 0 bridgehead atoms. The summed E-state index contributed by atoms with van der Waals surface area (Å²) in [5.41, 5.74) is 4.26. The monoisotopic (exact) mass is 458 g/mol. The number of rotatable bonds is 5. The minimum Gasteiger partial charge on any atom is -0.486 e. The molecule has 2 aromatic heterocycles. The van der Waals surface area contributed by atoms with Crippen LogP contribution in [0.3, 0.4) is 0 Å². The number of aryl methyl sites for hydroxylation is 1. The molecule has 0 radical (unpaired) electrons. The summed E-state index contributed by atoms with van der Waals surface area (Å²) in [5, 5.41) is 4.62. The van der Waals surface area contributed by atoms with Gasteiger partial charge in [-0.3, -0.25) is 14.0 Å². The van der Waals surface area contributed by atoms with Gasteiger partial charge in [-0.15, -0.1) is 0 Å². The molecule has 0 amide bonds. The summed E-state index contributed by atoms with van der Waals surface area (Å²) < 4.78 is 34.3. The normalized spacial score (nSPS) is 14.5. The van der Waals surface area contributed by atoms with Crippen LogP contribution in [0.15, 0.2) is 89.1 Å². The number of benzene rings is 2. The molecule has 0 saturated heterocycles. The van der Waals surface area contributed by atoms with Crippen molar-refractivity contribution in [1.29, 1.82) is 0 Å². The number of amidine groups is 1. The average molecular weight is 459 g/mol. The van der Waals surface area contributed by atoms with Crippen molar-refractivity contribution in [1.82, 2.24) is 19.1 Å². The Kier molecular flexibility index (Phi) is 5.18. The van der Waals surface area contributed by atoms with Crippen molar-refractivity contribution >= 4 is 21.5 Å². The predicted octanol–water partition coefficient (Wildman–Crippen LogP) is 3.89. The molecule has 0 spiro atoms. The maximum atomic E-state index is 12.8. The Balaban J connectivity index is 1.37. The summed E-state index contributed by atoms with van der Waals surface area (Å²) in [6.45, 7) is 0.0231. The number of aliphatic imine (C=N–C) groups is 1. The number of hydrogen-bond acceptors (Lipinski definition) is 6. The highest BCUT2D eigenvalue weighted by atomic mass is 32.2. The number of fused-ring (bicyclic) bond motifs is 1. The second-order valence-electron chi connectivity index (χ2n) is 7.58. The van der Waals surface area contributed by atoms with Crippen molar-refractivity contribution in [3.63, 3.8) is 0 Å². The van der Waals surface area contributed by atoms with Gasteiger partial charge < -0.3 is 4.74 Å². The van der Waals surface area contributed by atoms with Crippen molar-refractivity contribution in [3.8, 4) is 28.1 Å². The van der Waals surface area contributed by atoms with Gasteiger partial charge in [0.1, 0.15) is 22.9 Å². The third kappa shape index (κ3) is 3.87. The van der Waals surface area contributed by atoms with E-state index in [1.807, 2.05) is 49.6 Å². The molecule has 2 aromatic carbocycles. The molecule has 4 aromatic rings. The number of ether oxygens (including phenoxy) is 1. The molecule has 1 aliphatic heterocycles. The van der Waals surface area contributed by atoms with Gasteiger partial charge in [0.15, 0.2) is 5.84 Å². The zero-order valence-electron chi connectivity index (χ0n) is 18.1. The fraction of sp³-hybridized carbons (Fsp3) is 0.125. The molecule has 1 aliphatic rings. The maximum Gasteiger partial charge on any atom is 0.267 e. The van der Waals surface area contributed by atoms with E-state index in [9.17, 15) is 8.42 Å². The number of pyridine rings is 1. The van der Waals surface area contributed by atoms with Gasteiger partial charge in [-0.2, -0.15) is 5.10 Å². The lowest BCUT2D eigenvalue weighted by Crippen LogP contribution is -2.38. The van der Waals surface area contributed by atoms with Crippen LogP contribution in [-0.2, 0) is 17.1 Å². The summed E-state index contributed by atoms with van der Waals surface area (Å²) in [6.07, 6.45) is 5.49. The van der Waals surface area contributed by atoms with Gasteiger partial charge >= 0.3 is 0 Å². The first-order valence-corrected chi connectivity index (χ1v) is 11.7. The largest absolute Gasteiger partial charge is 0.486 e. The Morgan fingerprint density at radius 2 is 1.64 bits per heavy atom. The van der Waals surface area contributed by atoms with E-state index in [1.165, 1.54) is 11.4 Å². The van der Waals surface area contributed by atoms with E-state index in [-0.39, 0.29) is 11.5 Å². The van der Waals surface area contributed by atoms with Gasteiger partial charge in [-0.05, 0) is 54.1 Å². The smallest absolute Gasteiger partial charge is 0.267 e. The van der Waals surface area contributed by atoms with Crippen molar-refractivity contribution in [2.75, 3.05) is 13.7 Å². The fourth-order valence-corrected chi connectivity index (χ4v) is 4.98. The zero-order valence-corrected chi connectivity index (χ0v) is 18.9. The lowest BCUT2D eigenvalue weighted by atomic mass is 10.0. The molecule has 0 aliphatic carbocycles. The lowest BCUT2D eigenvalue weighted by molar-refractivity contribution is 0.365. The highest BCUT2D eigenvalue weighted by molar-refractivity contribution is 7.90. The summed E-state index contributed by atoms with van der Waals surface area (Å²) in [7, 11) is -0.266. The van der Waals surface area contributed by atoms with E-state index in [1.54, 1.807) is 41.3 Å². The molecule has 9 heteroatoms. The first-order valence-electron chi connectivity index (χ1n) is 10.3. The number of hydrogen-bond donors (Lipinski definition) is 0. The van der Waals surface area contributed by atoms with E-state index in [0.717, 1.165) is 22.4 Å². The van der Waals surface area contributed by atoms with Crippen LogP contribution >= 0.6 is 0 Å². The van der Waals surface area contributed by atoms with Crippen LogP contribution in [0.4, 0.5) is 5.69 Å². The van der Waals surface area contributed by atoms with Gasteiger partial charge in [0.2, 0.25) is 0 Å². The van der Waals surface area contributed by atoms with E-state index in [0.29, 0.717) is 17.3 Å².